The van der Waals surface area contributed by atoms with E-state index in [1.54, 1.807) is 12.2 Å². The summed E-state index contributed by atoms with van der Waals surface area (Å²) in [6, 6.07) is 0. The first kappa shape index (κ1) is 29.9. The number of aliphatic hydroxyl groups excluding tert-OH is 1. The number of allylic oxidation sites excluding steroid dienone is 4. The van der Waals surface area contributed by atoms with E-state index in [1.807, 2.05) is 13.0 Å². The molecule has 9 heteroatoms. The predicted octanol–water partition coefficient (Wildman–Crippen LogP) is -0.572. The van der Waals surface area contributed by atoms with Gasteiger partial charge in [0.15, 0.2) is 12.4 Å². The van der Waals surface area contributed by atoms with Crippen molar-refractivity contribution in [1.82, 2.24) is 0 Å². The number of esters is 1. The molecule has 0 saturated heterocycles. The molecule has 0 aromatic rings. The average Bonchev–Trinajstić information content (AvgIpc) is 3.02. The molecule has 4 aliphatic carbocycles. The number of hydrogen-bond acceptors (Lipinski definition) is 7. The minimum Gasteiger partial charge on any atom is -0.481 e. The third kappa shape index (κ3) is 4.85. The van der Waals surface area contributed by atoms with Crippen LogP contribution in [0, 0.1) is 36.0 Å². The Kier molecular flexibility index (Phi) is 9.04. The molecular formula is C26H35NaO8. The second-order valence-electron chi connectivity index (χ2n) is 10.6. The van der Waals surface area contributed by atoms with Crippen LogP contribution in [0.3, 0.4) is 0 Å². The summed E-state index contributed by atoms with van der Waals surface area (Å²) in [6.45, 7) is 3.30. The molecule has 4 aliphatic rings. The van der Waals surface area contributed by atoms with Crippen molar-refractivity contribution in [3.05, 3.63) is 31.2 Å². The van der Waals surface area contributed by atoms with E-state index in [1.165, 1.54) is 0 Å². The summed E-state index contributed by atoms with van der Waals surface area (Å²) in [5.74, 6) is -2.58. The van der Waals surface area contributed by atoms with E-state index in [4.69, 9.17) is 9.84 Å². The number of hydrogen-bond donors (Lipinski definition) is 3. The molecule has 3 saturated carbocycles. The molecule has 2 unspecified atom stereocenters. The van der Waals surface area contributed by atoms with Gasteiger partial charge in [-0.2, -0.15) is 0 Å². The molecule has 7 atom stereocenters. The number of carbonyl (C=O) groups is 4. The normalized spacial score (nSPS) is 39.1. The summed E-state index contributed by atoms with van der Waals surface area (Å²) in [7, 11) is 0. The quantitative estimate of drug-likeness (QED) is 0.251. The molecule has 3 fully saturated rings. The number of Topliss-reactive ketones (excluding diaryl/α,β-unsaturated/α-hetero) is 1. The second-order valence-corrected chi connectivity index (χ2v) is 10.6. The van der Waals surface area contributed by atoms with Crippen LogP contribution in [0.5, 0.6) is 0 Å². The number of aliphatic carboxylic acids is 1. The maximum Gasteiger partial charge on any atom is 1.00 e. The van der Waals surface area contributed by atoms with E-state index < -0.39 is 46.9 Å². The number of carbonyl (C=O) groups excluding carboxylic acids is 3. The predicted molar refractivity (Wildman–Crippen MR) is 122 cm³/mol. The van der Waals surface area contributed by atoms with Crippen LogP contribution in [0.2, 0.25) is 0 Å². The third-order valence-electron chi connectivity index (χ3n) is 9.02. The molecule has 35 heavy (non-hydrogen) atoms. The van der Waals surface area contributed by atoms with Gasteiger partial charge in [-0.1, -0.05) is 25.5 Å². The van der Waals surface area contributed by atoms with Gasteiger partial charge in [0.1, 0.15) is 5.60 Å². The molecule has 0 radical (unpaired) electrons. The maximum absolute atomic E-state index is 13.1. The van der Waals surface area contributed by atoms with Crippen LogP contribution in [-0.2, 0) is 23.9 Å². The van der Waals surface area contributed by atoms with Crippen molar-refractivity contribution < 1.29 is 68.8 Å². The summed E-state index contributed by atoms with van der Waals surface area (Å²) in [5.41, 5.74) is -1.99. The van der Waals surface area contributed by atoms with Gasteiger partial charge in [0, 0.05) is 16.7 Å². The Hall–Kier alpha value is -1.32. The van der Waals surface area contributed by atoms with Crippen LogP contribution in [0.15, 0.2) is 23.8 Å². The Morgan fingerprint density at radius 2 is 1.86 bits per heavy atom. The van der Waals surface area contributed by atoms with E-state index in [0.717, 1.165) is 18.4 Å². The van der Waals surface area contributed by atoms with Crippen LogP contribution < -0.4 is 29.6 Å². The zero-order valence-electron chi connectivity index (χ0n) is 21.1. The SMILES string of the molecule is C[C@]12C=CC(=O)C=C1CC[C@@H]1C3CC[C@](O)(C(=O)COC(=O)CCC(=O)O)[C@@]3(C)CC(O)[C@H]12.[CH3-].[Na+]. The Labute approximate surface area is 228 Å². The minimum atomic E-state index is -1.73. The molecule has 4 rings (SSSR count). The van der Waals surface area contributed by atoms with Crippen LogP contribution >= 0.6 is 0 Å². The van der Waals surface area contributed by atoms with Crippen LogP contribution in [0.4, 0.5) is 0 Å². The Balaban J connectivity index is 0.00000216. The van der Waals surface area contributed by atoms with Gasteiger partial charge in [-0.25, -0.2) is 0 Å². The number of ketones is 2. The molecule has 0 aliphatic heterocycles. The first-order chi connectivity index (χ1) is 15.4. The molecule has 0 aromatic heterocycles. The van der Waals surface area contributed by atoms with Crippen molar-refractivity contribution in [2.45, 2.75) is 70.5 Å². The summed E-state index contributed by atoms with van der Waals surface area (Å²) in [6.07, 6.45) is 6.27. The van der Waals surface area contributed by atoms with Crippen molar-refractivity contribution in [2.24, 2.45) is 28.6 Å². The van der Waals surface area contributed by atoms with Gasteiger partial charge >= 0.3 is 41.5 Å². The smallest absolute Gasteiger partial charge is 0.481 e. The summed E-state index contributed by atoms with van der Waals surface area (Å²) >= 11 is 0. The molecular weight excluding hydrogens is 463 g/mol. The van der Waals surface area contributed by atoms with Crippen molar-refractivity contribution in [3.63, 3.8) is 0 Å². The number of rotatable bonds is 6. The van der Waals surface area contributed by atoms with Crippen LogP contribution in [0.25, 0.3) is 0 Å². The minimum absolute atomic E-state index is 0. The monoisotopic (exact) mass is 498 g/mol. The summed E-state index contributed by atoms with van der Waals surface area (Å²) < 4.78 is 4.96. The van der Waals surface area contributed by atoms with Crippen LogP contribution in [-0.4, -0.2) is 57.1 Å². The fourth-order valence-electron chi connectivity index (χ4n) is 7.34. The van der Waals surface area contributed by atoms with Gasteiger partial charge in [-0.15, -0.1) is 0 Å². The van der Waals surface area contributed by atoms with E-state index in [9.17, 15) is 29.4 Å². The summed E-state index contributed by atoms with van der Waals surface area (Å²) in [4.78, 5) is 47.4. The molecule has 0 amide bonds. The van der Waals surface area contributed by atoms with Gasteiger partial charge < -0.3 is 27.5 Å². The number of carboxylic acids is 1. The van der Waals surface area contributed by atoms with Crippen molar-refractivity contribution in [3.8, 4) is 0 Å². The molecule has 0 aromatic carbocycles. The van der Waals surface area contributed by atoms with E-state index in [0.29, 0.717) is 6.42 Å². The Morgan fingerprint density at radius 3 is 2.51 bits per heavy atom. The van der Waals surface area contributed by atoms with Gasteiger partial charge in [-0.3, -0.25) is 19.2 Å². The van der Waals surface area contributed by atoms with Gasteiger partial charge in [0.25, 0.3) is 0 Å². The first-order valence-electron chi connectivity index (χ1n) is 11.7. The number of carboxylic acid groups (broad SMARTS) is 1. The average molecular weight is 499 g/mol. The van der Waals surface area contributed by atoms with Crippen molar-refractivity contribution >= 4 is 23.5 Å². The first-order valence-corrected chi connectivity index (χ1v) is 11.7. The molecule has 188 valence electrons. The van der Waals surface area contributed by atoms with E-state index >= 15 is 0 Å². The molecule has 8 nitrogen and oxygen atoms in total. The van der Waals surface area contributed by atoms with E-state index in [-0.39, 0.29) is 86.2 Å². The largest absolute Gasteiger partial charge is 1.00 e. The second kappa shape index (κ2) is 10.6. The van der Waals surface area contributed by atoms with Gasteiger partial charge in [0.05, 0.1) is 18.9 Å². The maximum atomic E-state index is 13.1. The standard InChI is InChI=1S/C25H32O8.CH3.Na/c1-23-9-7-15(26)11-14(23)3-4-16-17-8-10-25(32,24(17,2)12-18(27)22(16)23)19(28)13-33-21(31)6-5-20(29)30;;/h7,9,11,16-18,22,27,32H,3-6,8,10,12-13H2,1-2H3,(H,29,30);1H3;/q;-1;+1/t16-,17?,18?,22+,23+,24+,25+;;/m1../s1. The molecule has 3 N–H and O–H groups in total. The number of aliphatic hydroxyl groups is 2. The van der Waals surface area contributed by atoms with Gasteiger partial charge in [0.2, 0.25) is 5.78 Å². The fraction of sp³-hybridized carbons (Fsp3) is 0.654. The molecule has 0 heterocycles. The zero-order chi connectivity index (χ0) is 24.2. The van der Waals surface area contributed by atoms with Crippen molar-refractivity contribution in [1.29, 1.82) is 0 Å². The van der Waals surface area contributed by atoms with Gasteiger partial charge in [-0.05, 0) is 56.1 Å². The topological polar surface area (TPSA) is 138 Å². The number of fused-ring (bicyclic) bond motifs is 5. The summed E-state index contributed by atoms with van der Waals surface area (Å²) in [5, 5.41) is 31.6. The molecule has 0 spiro atoms. The Bertz CT molecular complexity index is 957. The van der Waals surface area contributed by atoms with Crippen LogP contribution in [0.1, 0.15) is 58.8 Å². The van der Waals surface area contributed by atoms with E-state index in [2.05, 4.69) is 6.92 Å². The van der Waals surface area contributed by atoms with Crippen molar-refractivity contribution in [2.75, 3.05) is 6.61 Å². The number of ether oxygens (including phenoxy) is 1. The molecule has 0 bridgehead atoms. The fourth-order valence-corrected chi connectivity index (χ4v) is 7.34. The zero-order valence-corrected chi connectivity index (χ0v) is 23.1. The third-order valence-corrected chi connectivity index (χ3v) is 9.02. The Morgan fingerprint density at radius 1 is 1.17 bits per heavy atom.